The van der Waals surface area contributed by atoms with Gasteiger partial charge in [-0.15, -0.1) is 0 Å². The molecule has 0 aromatic carbocycles. The van der Waals surface area contributed by atoms with Crippen molar-refractivity contribution >= 4 is 5.97 Å². The molecule has 3 fully saturated rings. The van der Waals surface area contributed by atoms with Crippen molar-refractivity contribution in [1.29, 1.82) is 0 Å². The van der Waals surface area contributed by atoms with E-state index in [2.05, 4.69) is 13.8 Å². The predicted octanol–water partition coefficient (Wildman–Crippen LogP) is 2.52. The monoisotopic (exact) mass is 194 g/mol. The number of carbonyl (C=O) groups is 1. The van der Waals surface area contributed by atoms with Gasteiger partial charge in [-0.05, 0) is 37.5 Å². The Morgan fingerprint density at radius 3 is 2.50 bits per heavy atom. The molecule has 3 atom stereocenters. The van der Waals surface area contributed by atoms with E-state index in [0.29, 0.717) is 12.3 Å². The highest BCUT2D eigenvalue weighted by atomic mass is 16.6. The molecular formula is C12H18O2. The van der Waals surface area contributed by atoms with Crippen LogP contribution in [0.4, 0.5) is 0 Å². The molecule has 3 aliphatic rings. The molecule has 0 aromatic rings. The highest BCUT2D eigenvalue weighted by molar-refractivity contribution is 5.72. The van der Waals surface area contributed by atoms with Gasteiger partial charge in [-0.3, -0.25) is 4.79 Å². The summed E-state index contributed by atoms with van der Waals surface area (Å²) in [5.74, 6) is 1.48. The fraction of sp³-hybridized carbons (Fsp3) is 0.917. The second-order valence-electron chi connectivity index (χ2n) is 5.79. The predicted molar refractivity (Wildman–Crippen MR) is 52.7 cm³/mol. The lowest BCUT2D eigenvalue weighted by Crippen LogP contribution is -2.49. The minimum atomic E-state index is -0.0764. The quantitative estimate of drug-likeness (QED) is 0.554. The van der Waals surface area contributed by atoms with E-state index in [1.54, 1.807) is 0 Å². The van der Waals surface area contributed by atoms with Crippen molar-refractivity contribution in [3.8, 4) is 0 Å². The van der Waals surface area contributed by atoms with Gasteiger partial charge in [0.25, 0.3) is 0 Å². The SMILES string of the molecule is CC1(C)C2CCC(C2)C12CCC(=O)O2. The second kappa shape index (κ2) is 2.34. The molecule has 0 radical (unpaired) electrons. The maximum Gasteiger partial charge on any atom is 0.306 e. The van der Waals surface area contributed by atoms with Crippen LogP contribution in [-0.4, -0.2) is 11.6 Å². The van der Waals surface area contributed by atoms with E-state index < -0.39 is 0 Å². The highest BCUT2D eigenvalue weighted by Gasteiger charge is 2.66. The van der Waals surface area contributed by atoms with Gasteiger partial charge in [0, 0.05) is 11.8 Å². The minimum absolute atomic E-state index is 0.0330. The molecule has 0 aromatic heterocycles. The molecule has 1 aliphatic heterocycles. The Balaban J connectivity index is 2.02. The standard InChI is InChI=1S/C12H18O2/c1-11(2)8-3-4-9(7-8)12(11)6-5-10(13)14-12/h8-9H,3-7H2,1-2H3. The molecule has 2 heteroatoms. The van der Waals surface area contributed by atoms with Crippen molar-refractivity contribution < 1.29 is 9.53 Å². The number of hydrogen-bond acceptors (Lipinski definition) is 2. The summed E-state index contributed by atoms with van der Waals surface area (Å²) >= 11 is 0. The number of carbonyl (C=O) groups excluding carboxylic acids is 1. The smallest absolute Gasteiger partial charge is 0.306 e. The maximum atomic E-state index is 11.3. The van der Waals surface area contributed by atoms with Crippen LogP contribution in [0.5, 0.6) is 0 Å². The van der Waals surface area contributed by atoms with Crippen LogP contribution in [0.2, 0.25) is 0 Å². The summed E-state index contributed by atoms with van der Waals surface area (Å²) in [6.45, 7) is 4.60. The van der Waals surface area contributed by atoms with Crippen LogP contribution in [0, 0.1) is 17.3 Å². The van der Waals surface area contributed by atoms with Crippen molar-refractivity contribution in [3.05, 3.63) is 0 Å². The lowest BCUT2D eigenvalue weighted by Gasteiger charge is -2.45. The van der Waals surface area contributed by atoms with E-state index in [4.69, 9.17) is 4.74 Å². The molecule has 3 rings (SSSR count). The molecule has 78 valence electrons. The Hall–Kier alpha value is -0.530. The highest BCUT2D eigenvalue weighted by Crippen LogP contribution is 2.65. The van der Waals surface area contributed by atoms with E-state index in [1.807, 2.05) is 0 Å². The molecule has 14 heavy (non-hydrogen) atoms. The molecule has 2 aliphatic carbocycles. The van der Waals surface area contributed by atoms with Gasteiger partial charge in [-0.2, -0.15) is 0 Å². The fourth-order valence-electron chi connectivity index (χ4n) is 4.27. The molecule has 2 bridgehead atoms. The lowest BCUT2D eigenvalue weighted by molar-refractivity contribution is -0.167. The van der Waals surface area contributed by atoms with Crippen molar-refractivity contribution in [3.63, 3.8) is 0 Å². The summed E-state index contributed by atoms with van der Waals surface area (Å²) in [5.41, 5.74) is 0.148. The van der Waals surface area contributed by atoms with Crippen molar-refractivity contribution in [1.82, 2.24) is 0 Å². The summed E-state index contributed by atoms with van der Waals surface area (Å²) in [7, 11) is 0. The lowest BCUT2D eigenvalue weighted by atomic mass is 9.64. The first-order valence-electron chi connectivity index (χ1n) is 5.78. The molecule has 2 saturated carbocycles. The molecule has 3 unspecified atom stereocenters. The molecule has 1 heterocycles. The van der Waals surface area contributed by atoms with Crippen molar-refractivity contribution in [2.75, 3.05) is 0 Å². The van der Waals surface area contributed by atoms with E-state index >= 15 is 0 Å². The van der Waals surface area contributed by atoms with E-state index in [0.717, 1.165) is 12.3 Å². The third-order valence-corrected chi connectivity index (χ3v) is 5.20. The Kier molecular flexibility index (Phi) is 1.46. The van der Waals surface area contributed by atoms with Crippen LogP contribution in [0.3, 0.4) is 0 Å². The third kappa shape index (κ3) is 0.768. The first-order valence-corrected chi connectivity index (χ1v) is 5.78. The van der Waals surface area contributed by atoms with Crippen molar-refractivity contribution in [2.24, 2.45) is 17.3 Å². The average Bonchev–Trinajstić information content (AvgIpc) is 2.72. The Bertz CT molecular complexity index is 295. The molecule has 1 saturated heterocycles. The molecule has 2 nitrogen and oxygen atoms in total. The average molecular weight is 194 g/mol. The van der Waals surface area contributed by atoms with Gasteiger partial charge in [0.2, 0.25) is 0 Å². The zero-order valence-electron chi connectivity index (χ0n) is 9.01. The number of esters is 1. The van der Waals surface area contributed by atoms with Crippen molar-refractivity contribution in [2.45, 2.75) is 51.6 Å². The minimum Gasteiger partial charge on any atom is -0.458 e. The summed E-state index contributed by atoms with van der Waals surface area (Å²) in [6, 6.07) is 0. The van der Waals surface area contributed by atoms with Gasteiger partial charge >= 0.3 is 5.97 Å². The normalized spacial score (nSPS) is 48.9. The summed E-state index contributed by atoms with van der Waals surface area (Å²) in [4.78, 5) is 11.3. The van der Waals surface area contributed by atoms with E-state index in [9.17, 15) is 4.79 Å². The number of rotatable bonds is 0. The largest absolute Gasteiger partial charge is 0.458 e. The first-order chi connectivity index (χ1) is 6.56. The Labute approximate surface area is 85.0 Å². The number of fused-ring (bicyclic) bond motifs is 3. The zero-order valence-corrected chi connectivity index (χ0v) is 9.01. The van der Waals surface area contributed by atoms with Crippen LogP contribution in [0.15, 0.2) is 0 Å². The summed E-state index contributed by atoms with van der Waals surface area (Å²) < 4.78 is 5.72. The Morgan fingerprint density at radius 2 is 2.00 bits per heavy atom. The van der Waals surface area contributed by atoms with Gasteiger partial charge < -0.3 is 4.74 Å². The van der Waals surface area contributed by atoms with E-state index in [-0.39, 0.29) is 17.0 Å². The third-order valence-electron chi connectivity index (χ3n) is 5.20. The Morgan fingerprint density at radius 1 is 1.29 bits per heavy atom. The first kappa shape index (κ1) is 8.75. The molecule has 1 spiro atoms. The summed E-state index contributed by atoms with van der Waals surface area (Å²) in [5, 5.41) is 0. The number of ether oxygens (including phenoxy) is 1. The van der Waals surface area contributed by atoms with E-state index in [1.165, 1.54) is 19.3 Å². The topological polar surface area (TPSA) is 26.3 Å². The van der Waals surface area contributed by atoms with Gasteiger partial charge in [-0.25, -0.2) is 0 Å². The van der Waals surface area contributed by atoms with Gasteiger partial charge in [0.15, 0.2) is 0 Å². The maximum absolute atomic E-state index is 11.3. The van der Waals surface area contributed by atoms with Crippen LogP contribution in [0.1, 0.15) is 46.0 Å². The molecular weight excluding hydrogens is 176 g/mol. The van der Waals surface area contributed by atoms with Crippen LogP contribution in [-0.2, 0) is 9.53 Å². The van der Waals surface area contributed by atoms with Gasteiger partial charge in [-0.1, -0.05) is 13.8 Å². The molecule has 0 N–H and O–H groups in total. The molecule has 0 amide bonds. The second-order valence-corrected chi connectivity index (χ2v) is 5.79. The van der Waals surface area contributed by atoms with Gasteiger partial charge in [0.05, 0.1) is 0 Å². The fourth-order valence-corrected chi connectivity index (χ4v) is 4.27. The zero-order chi connectivity index (χ0) is 9.97. The number of hydrogen-bond donors (Lipinski definition) is 0. The van der Waals surface area contributed by atoms with Gasteiger partial charge in [0.1, 0.15) is 5.60 Å². The van der Waals surface area contributed by atoms with Crippen LogP contribution >= 0.6 is 0 Å². The van der Waals surface area contributed by atoms with Crippen LogP contribution < -0.4 is 0 Å². The summed E-state index contributed by atoms with van der Waals surface area (Å²) in [6.07, 6.45) is 5.53. The van der Waals surface area contributed by atoms with Crippen LogP contribution in [0.25, 0.3) is 0 Å².